The van der Waals surface area contributed by atoms with Gasteiger partial charge in [0.25, 0.3) is 0 Å². The molecular formula is C37H40N2O. The minimum absolute atomic E-state index is 0.0920. The summed E-state index contributed by atoms with van der Waals surface area (Å²) in [6, 6.07) is 21.8. The summed E-state index contributed by atoms with van der Waals surface area (Å²) in [7, 11) is 0. The number of allylic oxidation sites excluding steroid dienone is 8. The van der Waals surface area contributed by atoms with Crippen LogP contribution in [-0.2, 0) is 15.6 Å². The fourth-order valence-corrected chi connectivity index (χ4v) is 7.24. The molecule has 0 radical (unpaired) electrons. The van der Waals surface area contributed by atoms with Gasteiger partial charge in [-0.25, -0.2) is 0 Å². The van der Waals surface area contributed by atoms with E-state index in [0.717, 1.165) is 37.1 Å². The van der Waals surface area contributed by atoms with Crippen LogP contribution in [0.1, 0.15) is 65.5 Å². The predicted molar refractivity (Wildman–Crippen MR) is 169 cm³/mol. The molecule has 204 valence electrons. The fourth-order valence-electron chi connectivity index (χ4n) is 7.24. The molecule has 0 spiro atoms. The number of benzene rings is 3. The highest BCUT2D eigenvalue weighted by Crippen LogP contribution is 2.51. The first kappa shape index (κ1) is 26.4. The molecule has 3 heteroatoms. The van der Waals surface area contributed by atoms with Crippen LogP contribution in [0.4, 0.5) is 11.4 Å². The van der Waals surface area contributed by atoms with E-state index in [2.05, 4.69) is 136 Å². The van der Waals surface area contributed by atoms with Crippen molar-refractivity contribution in [2.24, 2.45) is 0 Å². The molecule has 40 heavy (non-hydrogen) atoms. The van der Waals surface area contributed by atoms with Crippen molar-refractivity contribution in [3.05, 3.63) is 119 Å². The number of nitrogens with zero attached hydrogens (tertiary/aromatic N) is 2. The van der Waals surface area contributed by atoms with Gasteiger partial charge in [0.2, 0.25) is 0 Å². The Hall–Kier alpha value is -3.85. The number of likely N-dealkylation sites (N-methyl/N-ethyl adjacent to an activating group) is 2. The van der Waals surface area contributed by atoms with Gasteiger partial charge in [0.05, 0.1) is 0 Å². The van der Waals surface area contributed by atoms with E-state index in [1.54, 1.807) is 0 Å². The molecule has 3 aromatic rings. The first-order valence-electron chi connectivity index (χ1n) is 14.7. The second-order valence-corrected chi connectivity index (χ2v) is 12.3. The summed E-state index contributed by atoms with van der Waals surface area (Å²) in [6.07, 6.45) is 10.2. The highest BCUT2D eigenvalue weighted by molar-refractivity contribution is 6.11. The molecule has 3 aliphatic rings. The molecule has 0 unspecified atom stereocenters. The van der Waals surface area contributed by atoms with Crippen molar-refractivity contribution in [3.8, 4) is 0 Å². The Morgan fingerprint density at radius 3 is 1.93 bits per heavy atom. The monoisotopic (exact) mass is 528 g/mol. The number of carbonyl (C=O) groups excluding carboxylic acids is 1. The zero-order valence-corrected chi connectivity index (χ0v) is 24.7. The van der Waals surface area contributed by atoms with Gasteiger partial charge in [0, 0.05) is 57.8 Å². The number of fused-ring (bicyclic) bond motifs is 4. The molecule has 1 aliphatic carbocycles. The standard InChI is InChI=1S/C37H40N2O/c1-7-38-30-16-12-11-15-29(30)36(3,4)32(38)23-20-26-17-18-27(35(26)40)21-24-33-37(5,6)34-28-14-10-9-13-25(28)19-22-31(34)39(33)8-2/h9-16,19-24H,7-8,17-18H2,1-6H3/b26-20+,27-21+,32-23+,33-24+. The van der Waals surface area contributed by atoms with Crippen LogP contribution in [0, 0.1) is 0 Å². The molecule has 2 aliphatic heterocycles. The number of para-hydroxylation sites is 1. The number of Topliss-reactive ketones (excluding diaryl/α,β-unsaturated/α-hetero) is 1. The number of hydrogen-bond donors (Lipinski definition) is 0. The summed E-state index contributed by atoms with van der Waals surface area (Å²) in [5, 5.41) is 2.59. The maximum Gasteiger partial charge on any atom is 0.185 e. The molecule has 1 saturated carbocycles. The van der Waals surface area contributed by atoms with Crippen LogP contribution in [0.3, 0.4) is 0 Å². The quantitative estimate of drug-likeness (QED) is 0.316. The van der Waals surface area contributed by atoms with Crippen LogP contribution < -0.4 is 9.80 Å². The van der Waals surface area contributed by atoms with E-state index in [4.69, 9.17) is 0 Å². The first-order chi connectivity index (χ1) is 19.2. The van der Waals surface area contributed by atoms with Gasteiger partial charge in [-0.3, -0.25) is 4.79 Å². The molecule has 6 rings (SSSR count). The van der Waals surface area contributed by atoms with Gasteiger partial charge >= 0.3 is 0 Å². The Bertz CT molecular complexity index is 1650. The molecule has 0 aromatic heterocycles. The molecule has 0 N–H and O–H groups in total. The maximum atomic E-state index is 13.5. The molecule has 0 bridgehead atoms. The third-order valence-corrected chi connectivity index (χ3v) is 9.32. The molecule has 0 amide bonds. The van der Waals surface area contributed by atoms with Crippen LogP contribution in [0.5, 0.6) is 0 Å². The normalized spacial score (nSPS) is 23.3. The predicted octanol–water partition coefficient (Wildman–Crippen LogP) is 8.76. The van der Waals surface area contributed by atoms with Crippen molar-refractivity contribution < 1.29 is 4.79 Å². The minimum Gasteiger partial charge on any atom is -0.344 e. The number of anilines is 2. The summed E-state index contributed by atoms with van der Waals surface area (Å²) in [5.74, 6) is 0.187. The summed E-state index contributed by atoms with van der Waals surface area (Å²) >= 11 is 0. The van der Waals surface area contributed by atoms with E-state index in [9.17, 15) is 4.79 Å². The summed E-state index contributed by atoms with van der Waals surface area (Å²) < 4.78 is 0. The van der Waals surface area contributed by atoms with Gasteiger partial charge in [-0.05, 0) is 72.9 Å². The Kier molecular flexibility index (Phi) is 6.37. The molecular weight excluding hydrogens is 488 g/mol. The molecule has 0 atom stereocenters. The Morgan fingerprint density at radius 2 is 1.25 bits per heavy atom. The highest BCUT2D eigenvalue weighted by atomic mass is 16.1. The lowest BCUT2D eigenvalue weighted by Gasteiger charge is -2.26. The lowest BCUT2D eigenvalue weighted by Crippen LogP contribution is -2.25. The molecule has 3 aromatic carbocycles. The number of rotatable bonds is 4. The van der Waals surface area contributed by atoms with Gasteiger partial charge in [0.1, 0.15) is 0 Å². The van der Waals surface area contributed by atoms with Crippen LogP contribution in [-0.4, -0.2) is 18.9 Å². The van der Waals surface area contributed by atoms with E-state index in [-0.39, 0.29) is 16.6 Å². The molecule has 2 heterocycles. The Balaban J connectivity index is 1.31. The number of ketones is 1. The maximum absolute atomic E-state index is 13.5. The topological polar surface area (TPSA) is 23.6 Å². The van der Waals surface area contributed by atoms with E-state index in [0.29, 0.717) is 0 Å². The van der Waals surface area contributed by atoms with Crippen LogP contribution in [0.25, 0.3) is 10.8 Å². The fraction of sp³-hybridized carbons (Fsp3) is 0.324. The number of carbonyl (C=O) groups is 1. The Morgan fingerprint density at radius 1 is 0.675 bits per heavy atom. The zero-order valence-electron chi connectivity index (χ0n) is 24.7. The van der Waals surface area contributed by atoms with E-state index in [1.807, 2.05) is 0 Å². The average molecular weight is 529 g/mol. The van der Waals surface area contributed by atoms with Crippen LogP contribution >= 0.6 is 0 Å². The summed E-state index contributed by atoms with van der Waals surface area (Å²) in [5.41, 5.74) is 9.37. The van der Waals surface area contributed by atoms with Crippen LogP contribution in [0.15, 0.2) is 108 Å². The van der Waals surface area contributed by atoms with Crippen molar-refractivity contribution in [1.29, 1.82) is 0 Å². The first-order valence-corrected chi connectivity index (χ1v) is 14.7. The van der Waals surface area contributed by atoms with E-state index in [1.165, 1.54) is 44.7 Å². The second-order valence-electron chi connectivity index (χ2n) is 12.3. The van der Waals surface area contributed by atoms with Crippen molar-refractivity contribution in [3.63, 3.8) is 0 Å². The largest absolute Gasteiger partial charge is 0.344 e. The summed E-state index contributed by atoms with van der Waals surface area (Å²) in [6.45, 7) is 15.4. The third kappa shape index (κ3) is 3.90. The van der Waals surface area contributed by atoms with E-state index >= 15 is 0 Å². The SMILES string of the molecule is CCN1/C(=C/C=C2\CC/C(=C\C=C3\N(CC)c4ccc5ccccc5c4C3(C)C)C2=O)C(C)(C)c2ccccc21. The molecule has 3 nitrogen and oxygen atoms in total. The van der Waals surface area contributed by atoms with Gasteiger partial charge < -0.3 is 9.80 Å². The molecule has 0 saturated heterocycles. The zero-order chi connectivity index (χ0) is 28.2. The lowest BCUT2D eigenvalue weighted by molar-refractivity contribution is -0.111. The summed E-state index contributed by atoms with van der Waals surface area (Å²) in [4.78, 5) is 18.3. The van der Waals surface area contributed by atoms with E-state index < -0.39 is 0 Å². The van der Waals surface area contributed by atoms with Crippen molar-refractivity contribution in [2.45, 2.75) is 65.2 Å². The minimum atomic E-state index is -0.152. The smallest absolute Gasteiger partial charge is 0.185 e. The van der Waals surface area contributed by atoms with Crippen molar-refractivity contribution >= 4 is 27.9 Å². The number of hydrogen-bond acceptors (Lipinski definition) is 3. The Labute approximate surface area is 239 Å². The van der Waals surface area contributed by atoms with Gasteiger partial charge in [0.15, 0.2) is 5.78 Å². The van der Waals surface area contributed by atoms with Crippen LogP contribution in [0.2, 0.25) is 0 Å². The lowest BCUT2D eigenvalue weighted by atomic mass is 9.81. The van der Waals surface area contributed by atoms with Gasteiger partial charge in [-0.15, -0.1) is 0 Å². The average Bonchev–Trinajstić information content (AvgIpc) is 3.49. The third-order valence-electron chi connectivity index (χ3n) is 9.32. The second kappa shape index (κ2) is 9.66. The van der Waals surface area contributed by atoms with Gasteiger partial charge in [-0.2, -0.15) is 0 Å². The van der Waals surface area contributed by atoms with Crippen molar-refractivity contribution in [2.75, 3.05) is 22.9 Å². The highest BCUT2D eigenvalue weighted by Gasteiger charge is 2.41. The van der Waals surface area contributed by atoms with Crippen molar-refractivity contribution in [1.82, 2.24) is 0 Å². The molecule has 1 fully saturated rings. The van der Waals surface area contributed by atoms with Gasteiger partial charge in [-0.1, -0.05) is 88.4 Å².